The van der Waals surface area contributed by atoms with Gasteiger partial charge in [-0.05, 0) is 48.9 Å². The summed E-state index contributed by atoms with van der Waals surface area (Å²) in [5, 5.41) is 0.692. The number of benzene rings is 2. The molecule has 0 N–H and O–H groups in total. The van der Waals surface area contributed by atoms with Gasteiger partial charge in [-0.15, -0.1) is 11.8 Å². The minimum atomic E-state index is 0.0504. The van der Waals surface area contributed by atoms with Gasteiger partial charge in [0.15, 0.2) is 5.13 Å². The molecule has 158 valence electrons. The topological polar surface area (TPSA) is 55.3 Å². The third-order valence-corrected chi connectivity index (χ3v) is 6.84. The quantitative estimate of drug-likeness (QED) is 0.322. The predicted molar refractivity (Wildman–Crippen MR) is 128 cm³/mol. The van der Waals surface area contributed by atoms with Gasteiger partial charge in [-0.3, -0.25) is 14.7 Å². The SMILES string of the molecule is COc1ccc2nc(N(Cc3cccnc3)C(=O)CCSc3ccc(C)cc3)sc2c1. The first-order chi connectivity index (χ1) is 15.1. The van der Waals surface area contributed by atoms with Crippen LogP contribution in [0.5, 0.6) is 5.75 Å². The van der Waals surface area contributed by atoms with Crippen molar-refractivity contribution in [2.45, 2.75) is 24.8 Å². The summed E-state index contributed by atoms with van der Waals surface area (Å²) in [7, 11) is 1.65. The van der Waals surface area contributed by atoms with E-state index in [1.165, 1.54) is 21.8 Å². The molecule has 4 aromatic rings. The molecule has 4 rings (SSSR count). The van der Waals surface area contributed by atoms with Crippen LogP contribution in [0.15, 0.2) is 71.9 Å². The van der Waals surface area contributed by atoms with Gasteiger partial charge in [0, 0.05) is 29.5 Å². The van der Waals surface area contributed by atoms with Crippen molar-refractivity contribution in [2.24, 2.45) is 0 Å². The maximum Gasteiger partial charge on any atom is 0.229 e. The fourth-order valence-electron chi connectivity index (χ4n) is 3.10. The van der Waals surface area contributed by atoms with Crippen LogP contribution in [0.1, 0.15) is 17.5 Å². The second-order valence-electron chi connectivity index (χ2n) is 7.08. The van der Waals surface area contributed by atoms with Crippen LogP contribution in [0, 0.1) is 6.92 Å². The molecule has 0 aliphatic rings. The lowest BCUT2D eigenvalue weighted by molar-refractivity contribution is -0.118. The van der Waals surface area contributed by atoms with Gasteiger partial charge in [-0.2, -0.15) is 0 Å². The molecule has 0 bridgehead atoms. The van der Waals surface area contributed by atoms with E-state index in [2.05, 4.69) is 36.2 Å². The number of anilines is 1. The number of hydrogen-bond donors (Lipinski definition) is 0. The summed E-state index contributed by atoms with van der Waals surface area (Å²) in [6.45, 7) is 2.51. The Morgan fingerprint density at radius 1 is 1.16 bits per heavy atom. The molecule has 0 saturated carbocycles. The van der Waals surface area contributed by atoms with Gasteiger partial charge in [0.05, 0.1) is 23.9 Å². The summed E-state index contributed by atoms with van der Waals surface area (Å²) in [6.07, 6.45) is 3.95. The largest absolute Gasteiger partial charge is 0.497 e. The normalized spacial score (nSPS) is 10.9. The van der Waals surface area contributed by atoms with Crippen molar-refractivity contribution in [3.63, 3.8) is 0 Å². The highest BCUT2D eigenvalue weighted by atomic mass is 32.2. The number of thiazole rings is 1. The van der Waals surface area contributed by atoms with Gasteiger partial charge >= 0.3 is 0 Å². The van der Waals surface area contributed by atoms with Crippen LogP contribution >= 0.6 is 23.1 Å². The molecule has 7 heteroatoms. The number of carbonyl (C=O) groups excluding carboxylic acids is 1. The molecule has 0 unspecified atom stereocenters. The van der Waals surface area contributed by atoms with Gasteiger partial charge in [-0.25, -0.2) is 4.98 Å². The van der Waals surface area contributed by atoms with E-state index in [4.69, 9.17) is 9.72 Å². The van der Waals surface area contributed by atoms with E-state index in [0.717, 1.165) is 21.5 Å². The Morgan fingerprint density at radius 3 is 2.74 bits per heavy atom. The Morgan fingerprint density at radius 2 is 2.00 bits per heavy atom. The number of aryl methyl sites for hydroxylation is 1. The highest BCUT2D eigenvalue weighted by Crippen LogP contribution is 2.33. The molecule has 2 aromatic heterocycles. The van der Waals surface area contributed by atoms with Crippen LogP contribution in [0.25, 0.3) is 10.2 Å². The Labute approximate surface area is 190 Å². The average Bonchev–Trinajstić information content (AvgIpc) is 3.22. The van der Waals surface area contributed by atoms with E-state index in [0.29, 0.717) is 23.8 Å². The molecule has 0 aliphatic carbocycles. The van der Waals surface area contributed by atoms with Gasteiger partial charge in [0.1, 0.15) is 5.75 Å². The Bertz CT molecular complexity index is 1160. The monoisotopic (exact) mass is 449 g/mol. The van der Waals surface area contributed by atoms with Gasteiger partial charge in [0.25, 0.3) is 0 Å². The summed E-state index contributed by atoms with van der Waals surface area (Å²) in [4.78, 5) is 25.1. The zero-order valence-electron chi connectivity index (χ0n) is 17.4. The molecule has 1 amide bonds. The zero-order chi connectivity index (χ0) is 21.6. The second kappa shape index (κ2) is 9.94. The lowest BCUT2D eigenvalue weighted by Gasteiger charge is -2.20. The predicted octanol–water partition coefficient (Wildman–Crippen LogP) is 5.72. The molecule has 0 aliphatic heterocycles. The molecule has 5 nitrogen and oxygen atoms in total. The third kappa shape index (κ3) is 5.42. The van der Waals surface area contributed by atoms with Crippen molar-refractivity contribution in [1.29, 1.82) is 0 Å². The number of fused-ring (bicyclic) bond motifs is 1. The molecule has 0 atom stereocenters. The number of nitrogens with zero attached hydrogens (tertiary/aromatic N) is 3. The maximum absolute atomic E-state index is 13.2. The van der Waals surface area contributed by atoms with Crippen LogP contribution < -0.4 is 9.64 Å². The van der Waals surface area contributed by atoms with Crippen LogP contribution in [-0.2, 0) is 11.3 Å². The molecular weight excluding hydrogens is 426 g/mol. The second-order valence-corrected chi connectivity index (χ2v) is 9.26. The standard InChI is InChI=1S/C24H23N3O2S2/c1-17-5-8-20(9-6-17)30-13-11-23(28)27(16-18-4-3-12-25-15-18)24-26-21-10-7-19(29-2)14-22(21)31-24/h3-10,12,14-15H,11,13,16H2,1-2H3. The number of pyridine rings is 1. The molecule has 2 heterocycles. The molecule has 0 saturated heterocycles. The Hall–Kier alpha value is -2.90. The summed E-state index contributed by atoms with van der Waals surface area (Å²) in [5.74, 6) is 1.54. The number of rotatable bonds is 8. The van der Waals surface area contributed by atoms with Crippen molar-refractivity contribution in [3.8, 4) is 5.75 Å². The molecule has 0 spiro atoms. The minimum absolute atomic E-state index is 0.0504. The number of carbonyl (C=O) groups is 1. The highest BCUT2D eigenvalue weighted by molar-refractivity contribution is 7.99. The summed E-state index contributed by atoms with van der Waals surface area (Å²) >= 11 is 3.19. The summed E-state index contributed by atoms with van der Waals surface area (Å²) in [5.41, 5.74) is 3.06. The molecule has 0 radical (unpaired) electrons. The van der Waals surface area contributed by atoms with Gasteiger partial charge in [0.2, 0.25) is 5.91 Å². The number of amides is 1. The Kier molecular flexibility index (Phi) is 6.84. The third-order valence-electron chi connectivity index (χ3n) is 4.79. The fourth-order valence-corrected chi connectivity index (χ4v) is 4.95. The van der Waals surface area contributed by atoms with Crippen molar-refractivity contribution < 1.29 is 9.53 Å². The molecule has 31 heavy (non-hydrogen) atoms. The smallest absolute Gasteiger partial charge is 0.229 e. The first-order valence-electron chi connectivity index (χ1n) is 9.96. The lowest BCUT2D eigenvalue weighted by Crippen LogP contribution is -2.30. The van der Waals surface area contributed by atoms with Crippen molar-refractivity contribution >= 4 is 44.4 Å². The lowest BCUT2D eigenvalue weighted by atomic mass is 10.2. The van der Waals surface area contributed by atoms with Crippen LogP contribution in [-0.4, -0.2) is 28.7 Å². The van der Waals surface area contributed by atoms with E-state index in [-0.39, 0.29) is 5.91 Å². The van der Waals surface area contributed by atoms with Crippen molar-refractivity contribution in [2.75, 3.05) is 17.8 Å². The van der Waals surface area contributed by atoms with Gasteiger partial charge < -0.3 is 4.74 Å². The fraction of sp³-hybridized carbons (Fsp3) is 0.208. The van der Waals surface area contributed by atoms with Crippen molar-refractivity contribution in [3.05, 3.63) is 78.1 Å². The molecule has 2 aromatic carbocycles. The van der Waals surface area contributed by atoms with Crippen LogP contribution in [0.2, 0.25) is 0 Å². The number of thioether (sulfide) groups is 1. The van der Waals surface area contributed by atoms with E-state index in [1.54, 1.807) is 36.2 Å². The molecular formula is C24H23N3O2S2. The number of ether oxygens (including phenoxy) is 1. The van der Waals surface area contributed by atoms with Crippen LogP contribution in [0.4, 0.5) is 5.13 Å². The van der Waals surface area contributed by atoms with Crippen molar-refractivity contribution in [1.82, 2.24) is 9.97 Å². The number of aromatic nitrogens is 2. The van der Waals surface area contributed by atoms with E-state index >= 15 is 0 Å². The number of methoxy groups -OCH3 is 1. The highest BCUT2D eigenvalue weighted by Gasteiger charge is 2.20. The van der Waals surface area contributed by atoms with E-state index in [9.17, 15) is 4.79 Å². The average molecular weight is 450 g/mol. The van der Waals surface area contributed by atoms with E-state index in [1.807, 2.05) is 30.3 Å². The Balaban J connectivity index is 1.53. The molecule has 0 fully saturated rings. The summed E-state index contributed by atoms with van der Waals surface area (Å²) < 4.78 is 6.32. The van der Waals surface area contributed by atoms with E-state index < -0.39 is 0 Å². The summed E-state index contributed by atoms with van der Waals surface area (Å²) in [6, 6.07) is 18.0. The van der Waals surface area contributed by atoms with Crippen LogP contribution in [0.3, 0.4) is 0 Å². The minimum Gasteiger partial charge on any atom is -0.497 e. The first kappa shape index (κ1) is 21.3. The maximum atomic E-state index is 13.2. The number of hydrogen-bond acceptors (Lipinski definition) is 6. The zero-order valence-corrected chi connectivity index (χ0v) is 19.1. The van der Waals surface area contributed by atoms with Gasteiger partial charge in [-0.1, -0.05) is 35.1 Å². The first-order valence-corrected chi connectivity index (χ1v) is 11.8.